The van der Waals surface area contributed by atoms with Gasteiger partial charge in [0.25, 0.3) is 5.91 Å². The molecule has 0 aromatic heterocycles. The highest BCUT2D eigenvalue weighted by atomic mass is 35.5. The first-order valence-electron chi connectivity index (χ1n) is 7.18. The molecule has 3 nitrogen and oxygen atoms in total. The minimum Gasteiger partial charge on any atom is -0.334 e. The molecule has 0 atom stereocenters. The van der Waals surface area contributed by atoms with Crippen LogP contribution in [0.4, 0.5) is 0 Å². The summed E-state index contributed by atoms with van der Waals surface area (Å²) in [6.45, 7) is 2.17. The molecule has 0 unspecified atom stereocenters. The molecule has 1 aromatic rings. The highest BCUT2D eigenvalue weighted by Gasteiger charge is 2.36. The standard InChI is InChI=1S/C16H18Cl2N2O/c1-2-11-5-7-16(10-19,8-6-11)20-15(21)12-3-4-13(17)14(18)9-12/h3-4,9,11H,2,5-8H2,1H3,(H,20,21). The van der Waals surface area contributed by atoms with E-state index in [9.17, 15) is 10.1 Å². The van der Waals surface area contributed by atoms with Crippen molar-refractivity contribution in [1.29, 1.82) is 5.26 Å². The summed E-state index contributed by atoms with van der Waals surface area (Å²) in [5.41, 5.74) is -0.328. The van der Waals surface area contributed by atoms with E-state index in [0.717, 1.165) is 19.3 Å². The zero-order valence-corrected chi connectivity index (χ0v) is 13.5. The van der Waals surface area contributed by atoms with Gasteiger partial charge in [0.05, 0.1) is 16.1 Å². The van der Waals surface area contributed by atoms with E-state index in [2.05, 4.69) is 18.3 Å². The van der Waals surface area contributed by atoms with Crippen molar-refractivity contribution in [2.75, 3.05) is 0 Å². The molecule has 1 amide bonds. The normalized spacial score (nSPS) is 25.1. The third-order valence-corrected chi connectivity index (χ3v) is 5.02. The van der Waals surface area contributed by atoms with Gasteiger partial charge in [0.2, 0.25) is 0 Å². The minimum atomic E-state index is -0.755. The average Bonchev–Trinajstić information content (AvgIpc) is 2.50. The Kier molecular flexibility index (Phi) is 5.13. The Morgan fingerprint density at radius 1 is 1.38 bits per heavy atom. The largest absolute Gasteiger partial charge is 0.334 e. The van der Waals surface area contributed by atoms with Crippen LogP contribution < -0.4 is 5.32 Å². The van der Waals surface area contributed by atoms with Crippen molar-refractivity contribution >= 4 is 29.1 Å². The Bertz CT molecular complexity index is 572. The first kappa shape index (κ1) is 16.1. The van der Waals surface area contributed by atoms with Crippen molar-refractivity contribution in [3.8, 4) is 6.07 Å². The van der Waals surface area contributed by atoms with E-state index in [1.54, 1.807) is 12.1 Å². The molecule has 1 aromatic carbocycles. The molecule has 1 aliphatic rings. The molecule has 112 valence electrons. The molecule has 0 bridgehead atoms. The molecule has 1 fully saturated rings. The highest BCUT2D eigenvalue weighted by molar-refractivity contribution is 6.42. The number of hydrogen-bond donors (Lipinski definition) is 1. The smallest absolute Gasteiger partial charge is 0.252 e. The second-order valence-corrected chi connectivity index (χ2v) is 6.44. The van der Waals surface area contributed by atoms with Gasteiger partial charge in [-0.25, -0.2) is 0 Å². The molecule has 5 heteroatoms. The third kappa shape index (κ3) is 3.70. The average molecular weight is 325 g/mol. The number of rotatable bonds is 3. The number of carbonyl (C=O) groups excluding carboxylic acids is 1. The SMILES string of the molecule is CCC1CCC(C#N)(NC(=O)c2ccc(Cl)c(Cl)c2)CC1. The molecule has 0 aliphatic heterocycles. The number of nitriles is 1. The molecular formula is C16H18Cl2N2O. The highest BCUT2D eigenvalue weighted by Crippen LogP contribution is 2.33. The zero-order valence-electron chi connectivity index (χ0n) is 12.0. The summed E-state index contributed by atoms with van der Waals surface area (Å²) in [7, 11) is 0. The van der Waals surface area contributed by atoms with Crippen LogP contribution in [0.3, 0.4) is 0 Å². The molecule has 0 saturated heterocycles. The van der Waals surface area contributed by atoms with Crippen LogP contribution in [0, 0.1) is 17.2 Å². The molecule has 1 N–H and O–H groups in total. The van der Waals surface area contributed by atoms with Gasteiger partial charge in [0.15, 0.2) is 0 Å². The predicted octanol–water partition coefficient (Wildman–Crippen LogP) is 4.59. The van der Waals surface area contributed by atoms with E-state index in [0.29, 0.717) is 34.4 Å². The Morgan fingerprint density at radius 2 is 2.05 bits per heavy atom. The first-order chi connectivity index (χ1) is 9.99. The van der Waals surface area contributed by atoms with Crippen molar-refractivity contribution in [2.24, 2.45) is 5.92 Å². The lowest BCUT2D eigenvalue weighted by atomic mass is 9.76. The summed E-state index contributed by atoms with van der Waals surface area (Å²) in [6, 6.07) is 7.03. The summed E-state index contributed by atoms with van der Waals surface area (Å²) in [6.07, 6.45) is 4.49. The van der Waals surface area contributed by atoms with Gasteiger partial charge in [-0.2, -0.15) is 5.26 Å². The van der Waals surface area contributed by atoms with Crippen molar-refractivity contribution < 1.29 is 4.79 Å². The fourth-order valence-corrected chi connectivity index (χ4v) is 3.07. The number of benzene rings is 1. The molecule has 1 saturated carbocycles. The van der Waals surface area contributed by atoms with Crippen LogP contribution >= 0.6 is 23.2 Å². The van der Waals surface area contributed by atoms with Crippen LogP contribution in [0.1, 0.15) is 49.4 Å². The van der Waals surface area contributed by atoms with Crippen LogP contribution in [0.25, 0.3) is 0 Å². The maximum atomic E-state index is 12.3. The number of halogens is 2. The fraction of sp³-hybridized carbons (Fsp3) is 0.500. The monoisotopic (exact) mass is 324 g/mol. The minimum absolute atomic E-state index is 0.273. The maximum Gasteiger partial charge on any atom is 0.252 e. The molecule has 1 aliphatic carbocycles. The number of amides is 1. The maximum absolute atomic E-state index is 12.3. The van der Waals surface area contributed by atoms with Crippen molar-refractivity contribution in [1.82, 2.24) is 5.32 Å². The van der Waals surface area contributed by atoms with Gasteiger partial charge < -0.3 is 5.32 Å². The Hall–Kier alpha value is -1.24. The summed E-state index contributed by atoms with van der Waals surface area (Å²) in [5.74, 6) is 0.387. The first-order valence-corrected chi connectivity index (χ1v) is 7.94. The van der Waals surface area contributed by atoms with Crippen LogP contribution in [0.2, 0.25) is 10.0 Å². The number of nitrogens with one attached hydrogen (secondary N) is 1. The lowest BCUT2D eigenvalue weighted by molar-refractivity contribution is 0.0891. The van der Waals surface area contributed by atoms with E-state index < -0.39 is 5.54 Å². The molecule has 0 spiro atoms. The third-order valence-electron chi connectivity index (χ3n) is 4.28. The summed E-state index contributed by atoms with van der Waals surface area (Å²) in [4.78, 5) is 12.3. The van der Waals surface area contributed by atoms with Gasteiger partial charge in [-0.15, -0.1) is 0 Å². The quantitative estimate of drug-likeness (QED) is 0.884. The predicted molar refractivity (Wildman–Crippen MR) is 84.5 cm³/mol. The molecule has 21 heavy (non-hydrogen) atoms. The van der Waals surface area contributed by atoms with Crippen molar-refractivity contribution in [3.05, 3.63) is 33.8 Å². The van der Waals surface area contributed by atoms with E-state index in [1.165, 1.54) is 6.07 Å². The number of hydrogen-bond acceptors (Lipinski definition) is 2. The van der Waals surface area contributed by atoms with Gasteiger partial charge in [0.1, 0.15) is 5.54 Å². The fourth-order valence-electron chi connectivity index (χ4n) is 2.77. The van der Waals surface area contributed by atoms with Gasteiger partial charge in [-0.3, -0.25) is 4.79 Å². The molecule has 0 heterocycles. The van der Waals surface area contributed by atoms with E-state index in [4.69, 9.17) is 23.2 Å². The molecule has 0 radical (unpaired) electrons. The topological polar surface area (TPSA) is 52.9 Å². The Morgan fingerprint density at radius 3 is 2.57 bits per heavy atom. The number of nitrogens with zero attached hydrogens (tertiary/aromatic N) is 1. The van der Waals surface area contributed by atoms with Crippen LogP contribution in [-0.4, -0.2) is 11.4 Å². The second-order valence-electron chi connectivity index (χ2n) is 5.63. The molecule has 2 rings (SSSR count). The zero-order chi connectivity index (χ0) is 15.5. The van der Waals surface area contributed by atoms with Crippen LogP contribution in [0.5, 0.6) is 0 Å². The van der Waals surface area contributed by atoms with Gasteiger partial charge in [-0.05, 0) is 49.8 Å². The van der Waals surface area contributed by atoms with E-state index in [-0.39, 0.29) is 5.91 Å². The Labute approximate surface area is 135 Å². The van der Waals surface area contributed by atoms with Gasteiger partial charge in [0, 0.05) is 5.56 Å². The lowest BCUT2D eigenvalue weighted by Gasteiger charge is -2.35. The summed E-state index contributed by atoms with van der Waals surface area (Å²) in [5, 5.41) is 13.1. The van der Waals surface area contributed by atoms with Gasteiger partial charge >= 0.3 is 0 Å². The lowest BCUT2D eigenvalue weighted by Crippen LogP contribution is -2.49. The van der Waals surface area contributed by atoms with Crippen molar-refractivity contribution in [2.45, 2.75) is 44.6 Å². The summed E-state index contributed by atoms with van der Waals surface area (Å²) < 4.78 is 0. The number of carbonyl (C=O) groups is 1. The van der Waals surface area contributed by atoms with Crippen LogP contribution in [-0.2, 0) is 0 Å². The van der Waals surface area contributed by atoms with Crippen LogP contribution in [0.15, 0.2) is 18.2 Å². The van der Waals surface area contributed by atoms with Gasteiger partial charge in [-0.1, -0.05) is 36.5 Å². The summed E-state index contributed by atoms with van der Waals surface area (Å²) >= 11 is 11.8. The second kappa shape index (κ2) is 6.68. The molecular weight excluding hydrogens is 307 g/mol. The van der Waals surface area contributed by atoms with Crippen molar-refractivity contribution in [3.63, 3.8) is 0 Å². The Balaban J connectivity index is 2.10. The van der Waals surface area contributed by atoms with E-state index in [1.807, 2.05) is 0 Å². The van der Waals surface area contributed by atoms with E-state index >= 15 is 0 Å².